The number of primary amides is 1. The summed E-state index contributed by atoms with van der Waals surface area (Å²) in [4.78, 5) is 9.77. The molecule has 1 heterocycles. The first-order valence-corrected chi connectivity index (χ1v) is 10.9. The Bertz CT molecular complexity index is 1180. The molecule has 0 atom stereocenters. The molecule has 5 N–H and O–H groups in total. The van der Waals surface area contributed by atoms with Crippen molar-refractivity contribution in [1.82, 2.24) is 20.6 Å². The number of primary sulfonamides is 1. The maximum Gasteiger partial charge on any atom is 0.417 e. The number of carbonyl (C=O) groups is 1. The fraction of sp³-hybridized carbons (Fsp3) is 0.263. The van der Waals surface area contributed by atoms with Gasteiger partial charge in [-0.25, -0.2) is 13.6 Å². The Hall–Kier alpha value is -3.32. The molecule has 0 radical (unpaired) electrons. The van der Waals surface area contributed by atoms with Crippen molar-refractivity contribution in [2.24, 2.45) is 10.9 Å². The average Bonchev–Trinajstić information content (AvgIpc) is 3.26. The Kier molecular flexibility index (Phi) is 7.69. The molecular weight excluding hydrogens is 449 g/mol. The van der Waals surface area contributed by atoms with E-state index in [4.69, 9.17) is 10.9 Å². The smallest absolute Gasteiger partial charge is 0.370 e. The summed E-state index contributed by atoms with van der Waals surface area (Å²) in [5, 5.41) is 17.8. The second kappa shape index (κ2) is 9.87. The van der Waals surface area contributed by atoms with E-state index in [1.165, 1.54) is 0 Å². The van der Waals surface area contributed by atoms with E-state index >= 15 is 0 Å². The molecule has 0 aliphatic carbocycles. The zero-order chi connectivity index (χ0) is 24.1. The number of hydrogen-bond acceptors (Lipinski definition) is 6. The van der Waals surface area contributed by atoms with Gasteiger partial charge in [0.05, 0.1) is 11.1 Å². The number of hydrogen-bond donors (Lipinski definition) is 3. The SMILES string of the molecule is CC.NC(=O)CCc1ccc(-c2ccc(C(F)(F)F)c(S(N)(=O)=O)c2-c2nn[nH]n2)cc1. The lowest BCUT2D eigenvalue weighted by atomic mass is 9.95. The molecule has 13 heteroatoms. The Labute approximate surface area is 182 Å². The molecule has 0 saturated heterocycles. The van der Waals surface area contributed by atoms with Gasteiger partial charge in [0.15, 0.2) is 0 Å². The van der Waals surface area contributed by atoms with Gasteiger partial charge in [0.1, 0.15) is 4.90 Å². The minimum atomic E-state index is -4.99. The van der Waals surface area contributed by atoms with E-state index < -0.39 is 38.1 Å². The fourth-order valence-electron chi connectivity index (χ4n) is 2.95. The molecule has 1 amide bonds. The van der Waals surface area contributed by atoms with Gasteiger partial charge in [-0.3, -0.25) is 4.79 Å². The molecule has 0 spiro atoms. The van der Waals surface area contributed by atoms with Crippen LogP contribution in [0.4, 0.5) is 13.2 Å². The minimum absolute atomic E-state index is 0.106. The maximum atomic E-state index is 13.5. The van der Waals surface area contributed by atoms with Crippen LogP contribution in [0.25, 0.3) is 22.5 Å². The lowest BCUT2D eigenvalue weighted by molar-refractivity contribution is -0.139. The molecule has 0 unspecified atom stereocenters. The van der Waals surface area contributed by atoms with Crippen molar-refractivity contribution in [1.29, 1.82) is 0 Å². The molecule has 9 nitrogen and oxygen atoms in total. The van der Waals surface area contributed by atoms with E-state index in [2.05, 4.69) is 20.6 Å². The first kappa shape index (κ1) is 24.9. The van der Waals surface area contributed by atoms with Gasteiger partial charge in [0.2, 0.25) is 21.8 Å². The number of amides is 1. The molecule has 0 fully saturated rings. The highest BCUT2D eigenvalue weighted by Crippen LogP contribution is 2.42. The second-order valence-electron chi connectivity index (χ2n) is 6.31. The largest absolute Gasteiger partial charge is 0.417 e. The number of alkyl halides is 3. The Balaban J connectivity index is 0.00000176. The zero-order valence-electron chi connectivity index (χ0n) is 17.1. The standard InChI is InChI=1S/C17H15F3N6O3S.C2H6/c18-17(19,20)12-7-6-11(10-4-1-9(2-5-10)3-8-13(21)27)14(15(12)30(22,28)29)16-23-25-26-24-16;1-2/h1-2,4-7H,3,8H2,(H2,21,27)(H2,22,28,29)(H,23,24,25,26);1-2H3. The third-order valence-corrected chi connectivity index (χ3v) is 5.23. The van der Waals surface area contributed by atoms with E-state index in [1.54, 1.807) is 24.3 Å². The van der Waals surface area contributed by atoms with Crippen LogP contribution in [0, 0.1) is 0 Å². The van der Waals surface area contributed by atoms with Crippen molar-refractivity contribution in [2.45, 2.75) is 37.8 Å². The molecule has 172 valence electrons. The highest BCUT2D eigenvalue weighted by Gasteiger charge is 2.39. The highest BCUT2D eigenvalue weighted by atomic mass is 32.2. The van der Waals surface area contributed by atoms with Crippen LogP contribution >= 0.6 is 0 Å². The number of nitrogens with zero attached hydrogens (tertiary/aromatic N) is 3. The highest BCUT2D eigenvalue weighted by molar-refractivity contribution is 7.89. The summed E-state index contributed by atoms with van der Waals surface area (Å²) in [5.41, 5.74) is 4.51. The maximum absolute atomic E-state index is 13.5. The molecule has 2 aromatic carbocycles. The summed E-state index contributed by atoms with van der Waals surface area (Å²) in [5.74, 6) is -0.836. The van der Waals surface area contributed by atoms with Gasteiger partial charge >= 0.3 is 6.18 Å². The number of benzene rings is 2. The van der Waals surface area contributed by atoms with E-state index in [-0.39, 0.29) is 17.8 Å². The van der Waals surface area contributed by atoms with Crippen LogP contribution < -0.4 is 10.9 Å². The summed E-state index contributed by atoms with van der Waals surface area (Å²) in [7, 11) is -4.82. The number of nitrogens with two attached hydrogens (primary N) is 2. The molecule has 0 saturated carbocycles. The van der Waals surface area contributed by atoms with Gasteiger partial charge in [-0.1, -0.05) is 44.2 Å². The number of aromatic amines is 1. The topological polar surface area (TPSA) is 158 Å². The zero-order valence-corrected chi connectivity index (χ0v) is 18.0. The lowest BCUT2D eigenvalue weighted by Crippen LogP contribution is -2.21. The predicted octanol–water partition coefficient (Wildman–Crippen LogP) is 2.64. The van der Waals surface area contributed by atoms with Crippen molar-refractivity contribution in [3.8, 4) is 22.5 Å². The van der Waals surface area contributed by atoms with Gasteiger partial charge in [0.25, 0.3) is 0 Å². The van der Waals surface area contributed by atoms with Crippen molar-refractivity contribution in [2.75, 3.05) is 0 Å². The van der Waals surface area contributed by atoms with Gasteiger partial charge in [-0.15, -0.1) is 10.2 Å². The van der Waals surface area contributed by atoms with Crippen LogP contribution in [0.5, 0.6) is 0 Å². The molecule has 0 aliphatic heterocycles. The quantitative estimate of drug-likeness (QED) is 0.502. The van der Waals surface area contributed by atoms with Gasteiger partial charge in [0, 0.05) is 6.42 Å². The first-order chi connectivity index (χ1) is 15.0. The number of halogens is 3. The predicted molar refractivity (Wildman–Crippen MR) is 110 cm³/mol. The van der Waals surface area contributed by atoms with Crippen LogP contribution in [-0.2, 0) is 27.4 Å². The van der Waals surface area contributed by atoms with Crippen LogP contribution in [0.1, 0.15) is 31.4 Å². The summed E-state index contributed by atoms with van der Waals surface area (Å²) in [6.07, 6.45) is -4.48. The number of nitrogens with one attached hydrogen (secondary N) is 1. The van der Waals surface area contributed by atoms with Crippen LogP contribution in [0.2, 0.25) is 0 Å². The Morgan fingerprint density at radius 2 is 1.72 bits per heavy atom. The van der Waals surface area contributed by atoms with Crippen molar-refractivity contribution < 1.29 is 26.4 Å². The third kappa shape index (κ3) is 5.68. The molecule has 3 aromatic rings. The van der Waals surface area contributed by atoms with Gasteiger partial charge in [-0.2, -0.15) is 18.4 Å². The summed E-state index contributed by atoms with van der Waals surface area (Å²) in [6.45, 7) is 4.00. The average molecular weight is 470 g/mol. The van der Waals surface area contributed by atoms with Crippen LogP contribution in [0.15, 0.2) is 41.3 Å². The van der Waals surface area contributed by atoms with Gasteiger partial charge in [-0.05, 0) is 34.4 Å². The third-order valence-electron chi connectivity index (χ3n) is 4.24. The van der Waals surface area contributed by atoms with Gasteiger partial charge < -0.3 is 5.73 Å². The van der Waals surface area contributed by atoms with Crippen molar-refractivity contribution >= 4 is 15.9 Å². The number of tetrazole rings is 1. The summed E-state index contributed by atoms with van der Waals surface area (Å²) < 4.78 is 64.8. The Morgan fingerprint density at radius 3 is 2.19 bits per heavy atom. The normalized spacial score (nSPS) is 11.6. The number of aromatic nitrogens is 4. The Morgan fingerprint density at radius 1 is 1.09 bits per heavy atom. The van der Waals surface area contributed by atoms with E-state index in [1.807, 2.05) is 13.8 Å². The van der Waals surface area contributed by atoms with Crippen molar-refractivity contribution in [3.05, 3.63) is 47.5 Å². The van der Waals surface area contributed by atoms with E-state index in [0.717, 1.165) is 11.6 Å². The minimum Gasteiger partial charge on any atom is -0.370 e. The first-order valence-electron chi connectivity index (χ1n) is 9.37. The summed E-state index contributed by atoms with van der Waals surface area (Å²) >= 11 is 0. The summed E-state index contributed by atoms with van der Waals surface area (Å²) in [6, 6.07) is 8.17. The fourth-order valence-corrected chi connectivity index (χ4v) is 3.93. The monoisotopic (exact) mass is 470 g/mol. The molecule has 0 bridgehead atoms. The molecule has 0 aliphatic rings. The number of rotatable bonds is 6. The number of aryl methyl sites for hydroxylation is 1. The number of H-pyrrole nitrogens is 1. The molecule has 1 aromatic heterocycles. The molecular formula is C19H21F3N6O3S. The van der Waals surface area contributed by atoms with Crippen molar-refractivity contribution in [3.63, 3.8) is 0 Å². The van der Waals surface area contributed by atoms with Crippen LogP contribution in [0.3, 0.4) is 0 Å². The number of sulfonamides is 1. The van der Waals surface area contributed by atoms with E-state index in [9.17, 15) is 26.4 Å². The molecule has 32 heavy (non-hydrogen) atoms. The second-order valence-corrected chi connectivity index (χ2v) is 7.80. The lowest BCUT2D eigenvalue weighted by Gasteiger charge is -2.17. The van der Waals surface area contributed by atoms with Crippen LogP contribution in [-0.4, -0.2) is 34.9 Å². The number of carbonyl (C=O) groups excluding carboxylic acids is 1. The molecule has 3 rings (SSSR count). The van der Waals surface area contributed by atoms with E-state index in [0.29, 0.717) is 18.1 Å².